The van der Waals surface area contributed by atoms with E-state index in [-0.39, 0.29) is 57.2 Å². The number of aliphatic hydroxyl groups excluding tert-OH is 1. The van der Waals surface area contributed by atoms with Crippen LogP contribution in [0.3, 0.4) is 0 Å². The summed E-state index contributed by atoms with van der Waals surface area (Å²) < 4.78 is 6.36. The standard InChI is InChI=1S/C45H68N2O6/c1-28(2)35-30(48)26-44(24-25-47(10)37(50)29-14-12-11-13-15-29)23-22-43(9)42(8)20-16-31-40(5,6)33(53-34(49)27-39(3,4)38(51)52)18-19-41(31,7)32(42)17-21-45(43,46)36(35)44/h11-15,28,31-34,49H,16-27,46H2,1-10H3,(H,51,52)/t31-,32?,33?,34?,41?,42?,43-,44?,45?/m0/s1. The van der Waals surface area contributed by atoms with Crippen LogP contribution in [0.15, 0.2) is 41.5 Å². The van der Waals surface area contributed by atoms with E-state index in [9.17, 15) is 24.6 Å². The number of carbonyl (C=O) groups is 3. The molecule has 0 radical (unpaired) electrons. The van der Waals surface area contributed by atoms with E-state index < -0.39 is 23.2 Å². The van der Waals surface area contributed by atoms with Crippen molar-refractivity contribution in [3.8, 4) is 0 Å². The first-order valence-corrected chi connectivity index (χ1v) is 20.5. The Kier molecular flexibility index (Phi) is 10.1. The number of carboxylic acid groups (broad SMARTS) is 1. The molecule has 6 rings (SSSR count). The summed E-state index contributed by atoms with van der Waals surface area (Å²) in [7, 11) is 1.88. The van der Waals surface area contributed by atoms with Crippen LogP contribution in [0.4, 0.5) is 0 Å². The molecule has 1 amide bonds. The van der Waals surface area contributed by atoms with Crippen LogP contribution in [-0.2, 0) is 14.3 Å². The van der Waals surface area contributed by atoms with E-state index in [2.05, 4.69) is 48.5 Å². The molecule has 7 unspecified atom stereocenters. The number of hydrogen-bond donors (Lipinski definition) is 3. The molecule has 4 N–H and O–H groups in total. The zero-order chi connectivity index (χ0) is 39.2. The number of aliphatic hydroxyl groups is 1. The summed E-state index contributed by atoms with van der Waals surface area (Å²) in [4.78, 5) is 41.2. The van der Waals surface area contributed by atoms with Gasteiger partial charge in [0.1, 0.15) is 0 Å². The molecule has 0 saturated heterocycles. The molecular weight excluding hydrogens is 665 g/mol. The molecule has 8 heteroatoms. The van der Waals surface area contributed by atoms with Gasteiger partial charge in [-0.05, 0) is 134 Å². The van der Waals surface area contributed by atoms with Crippen molar-refractivity contribution < 1.29 is 29.3 Å². The zero-order valence-corrected chi connectivity index (χ0v) is 34.3. The van der Waals surface area contributed by atoms with Crippen LogP contribution in [0.5, 0.6) is 0 Å². The van der Waals surface area contributed by atoms with Crippen molar-refractivity contribution in [2.75, 3.05) is 13.6 Å². The van der Waals surface area contributed by atoms with Crippen molar-refractivity contribution >= 4 is 17.7 Å². The van der Waals surface area contributed by atoms with Gasteiger partial charge in [-0.3, -0.25) is 14.4 Å². The molecule has 4 saturated carbocycles. The number of hydrogen-bond acceptors (Lipinski definition) is 6. The molecule has 294 valence electrons. The third kappa shape index (κ3) is 5.98. The number of rotatable bonds is 10. The fourth-order valence-corrected chi connectivity index (χ4v) is 13.5. The minimum Gasteiger partial charge on any atom is -0.481 e. The van der Waals surface area contributed by atoms with Gasteiger partial charge in [-0.25, -0.2) is 0 Å². The first-order chi connectivity index (χ1) is 24.5. The molecule has 5 aliphatic carbocycles. The highest BCUT2D eigenvalue weighted by Gasteiger charge is 2.73. The molecule has 9 atom stereocenters. The molecule has 0 aromatic heterocycles. The van der Waals surface area contributed by atoms with E-state index in [0.29, 0.717) is 30.4 Å². The molecule has 0 aliphatic heterocycles. The highest BCUT2D eigenvalue weighted by Crippen LogP contribution is 2.77. The maximum atomic E-state index is 14.1. The number of nitrogens with zero attached hydrogens (tertiary/aromatic N) is 1. The first kappa shape index (κ1) is 40.1. The normalized spacial score (nSPS) is 38.4. The second kappa shape index (κ2) is 13.3. The largest absolute Gasteiger partial charge is 0.481 e. The SMILES string of the molecule is CC(C)C1=C2C(CCN(C)C(=O)c3ccccc3)(CC[C@]3(C)C2(N)CCC2C4(C)CCC(OC(O)CC(C)(C)C(=O)O)C(C)(C)[C@@H]4CCC23C)CC1=O. The lowest BCUT2D eigenvalue weighted by molar-refractivity contribution is -0.259. The first-order valence-electron chi connectivity index (χ1n) is 20.5. The van der Waals surface area contributed by atoms with Gasteiger partial charge in [0.15, 0.2) is 12.1 Å². The van der Waals surface area contributed by atoms with E-state index >= 15 is 0 Å². The molecule has 4 fully saturated rings. The number of aliphatic carboxylic acids is 1. The summed E-state index contributed by atoms with van der Waals surface area (Å²) in [6.45, 7) is 20.2. The van der Waals surface area contributed by atoms with Gasteiger partial charge in [0.25, 0.3) is 5.91 Å². The lowest BCUT2D eigenvalue weighted by atomic mass is 9.31. The van der Waals surface area contributed by atoms with Gasteiger partial charge in [0.05, 0.1) is 11.5 Å². The van der Waals surface area contributed by atoms with Crippen LogP contribution in [0, 0.1) is 50.2 Å². The molecule has 1 aromatic carbocycles. The molecule has 0 spiro atoms. The highest BCUT2D eigenvalue weighted by molar-refractivity contribution is 6.01. The van der Waals surface area contributed by atoms with E-state index in [1.807, 2.05) is 42.3 Å². The lowest BCUT2D eigenvalue weighted by Crippen LogP contribution is -2.74. The summed E-state index contributed by atoms with van der Waals surface area (Å²) >= 11 is 0. The summed E-state index contributed by atoms with van der Waals surface area (Å²) in [6.07, 6.45) is 7.55. The third-order valence-corrected chi connectivity index (χ3v) is 16.7. The number of carbonyl (C=O) groups excluding carboxylic acids is 2. The average Bonchev–Trinajstić information content (AvgIpc) is 3.39. The van der Waals surface area contributed by atoms with E-state index in [4.69, 9.17) is 10.5 Å². The molecular formula is C45H68N2O6. The average molecular weight is 733 g/mol. The van der Waals surface area contributed by atoms with Crippen molar-refractivity contribution in [1.29, 1.82) is 0 Å². The summed E-state index contributed by atoms with van der Waals surface area (Å²) in [5.41, 5.74) is 8.43. The van der Waals surface area contributed by atoms with Crippen molar-refractivity contribution in [3.05, 3.63) is 47.0 Å². The Morgan fingerprint density at radius 3 is 2.23 bits per heavy atom. The van der Waals surface area contributed by atoms with Crippen LogP contribution < -0.4 is 5.73 Å². The van der Waals surface area contributed by atoms with E-state index in [1.165, 1.54) is 5.57 Å². The molecule has 1 aromatic rings. The van der Waals surface area contributed by atoms with Crippen molar-refractivity contribution in [3.63, 3.8) is 0 Å². The number of benzene rings is 1. The predicted octanol–water partition coefficient (Wildman–Crippen LogP) is 8.42. The second-order valence-electron chi connectivity index (χ2n) is 20.4. The van der Waals surface area contributed by atoms with Crippen molar-refractivity contribution in [2.45, 2.75) is 151 Å². The quantitative estimate of drug-likeness (QED) is 0.206. The molecule has 53 heavy (non-hydrogen) atoms. The number of ether oxygens (including phenoxy) is 1. The fourth-order valence-electron chi connectivity index (χ4n) is 13.5. The van der Waals surface area contributed by atoms with Gasteiger partial charge >= 0.3 is 5.97 Å². The van der Waals surface area contributed by atoms with Gasteiger partial charge in [0.2, 0.25) is 0 Å². The monoisotopic (exact) mass is 733 g/mol. The van der Waals surface area contributed by atoms with E-state index in [0.717, 1.165) is 63.4 Å². The van der Waals surface area contributed by atoms with Gasteiger partial charge < -0.3 is 25.6 Å². The number of ketones is 1. The Labute approximate surface area is 318 Å². The van der Waals surface area contributed by atoms with Crippen LogP contribution >= 0.6 is 0 Å². The summed E-state index contributed by atoms with van der Waals surface area (Å²) in [5, 5.41) is 20.6. The number of carboxylic acids is 1. The van der Waals surface area contributed by atoms with Crippen LogP contribution in [0.1, 0.15) is 143 Å². The number of allylic oxidation sites excluding steroid dienone is 1. The van der Waals surface area contributed by atoms with Gasteiger partial charge in [-0.15, -0.1) is 0 Å². The van der Waals surface area contributed by atoms with Crippen molar-refractivity contribution in [2.24, 2.45) is 56.0 Å². The lowest BCUT2D eigenvalue weighted by Gasteiger charge is -2.74. The van der Waals surface area contributed by atoms with Crippen LogP contribution in [-0.4, -0.2) is 64.3 Å². The topological polar surface area (TPSA) is 130 Å². The smallest absolute Gasteiger partial charge is 0.309 e. The number of nitrogens with two attached hydrogens (primary N) is 1. The molecule has 0 bridgehead atoms. The van der Waals surface area contributed by atoms with Gasteiger partial charge in [-0.2, -0.15) is 0 Å². The Morgan fingerprint density at radius 1 is 0.962 bits per heavy atom. The summed E-state index contributed by atoms with van der Waals surface area (Å²) in [6, 6.07) is 9.44. The predicted molar refractivity (Wildman–Crippen MR) is 208 cm³/mol. The Bertz CT molecular complexity index is 1650. The maximum absolute atomic E-state index is 14.1. The fraction of sp³-hybridized carbons (Fsp3) is 0.756. The number of amides is 1. The minimum atomic E-state index is -1.13. The minimum absolute atomic E-state index is 0.00345. The Balaban J connectivity index is 1.29. The summed E-state index contributed by atoms with van der Waals surface area (Å²) in [5.74, 6) is 0.208. The van der Waals surface area contributed by atoms with Gasteiger partial charge in [-0.1, -0.05) is 66.7 Å². The van der Waals surface area contributed by atoms with Crippen LogP contribution in [0.2, 0.25) is 0 Å². The highest BCUT2D eigenvalue weighted by atomic mass is 16.6. The van der Waals surface area contributed by atoms with Crippen molar-refractivity contribution in [1.82, 2.24) is 4.90 Å². The number of Topliss-reactive ketones (excluding diaryl/α,β-unsaturated/α-hetero) is 1. The van der Waals surface area contributed by atoms with Gasteiger partial charge in [0, 0.05) is 43.0 Å². The van der Waals surface area contributed by atoms with E-state index in [1.54, 1.807) is 13.8 Å². The number of fused-ring (bicyclic) bond motifs is 7. The van der Waals surface area contributed by atoms with Crippen LogP contribution in [0.25, 0.3) is 0 Å². The maximum Gasteiger partial charge on any atom is 0.309 e. The second-order valence-corrected chi connectivity index (χ2v) is 20.4. The third-order valence-electron chi connectivity index (χ3n) is 16.7. The molecule has 5 aliphatic rings. The molecule has 0 heterocycles. The zero-order valence-electron chi connectivity index (χ0n) is 34.3. The Morgan fingerprint density at radius 2 is 1.60 bits per heavy atom. The Hall–Kier alpha value is -2.55. The molecule has 8 nitrogen and oxygen atoms in total.